The van der Waals surface area contributed by atoms with E-state index < -0.39 is 0 Å². The predicted octanol–water partition coefficient (Wildman–Crippen LogP) is 2.99. The second-order valence-electron chi connectivity index (χ2n) is 6.31. The Morgan fingerprint density at radius 1 is 1.07 bits per heavy atom. The second-order valence-corrected chi connectivity index (χ2v) is 6.31. The minimum Gasteiger partial charge on any atom is -0.508 e. The van der Waals surface area contributed by atoms with Crippen molar-refractivity contribution in [1.29, 1.82) is 0 Å². The maximum absolute atomic E-state index is 13.2. The SMILES string of the molecule is CCNC(=NCCc1ccc(F)cc1C)NCCNC(=O)c1ccc(O)cc1.I. The van der Waals surface area contributed by atoms with E-state index in [9.17, 15) is 14.3 Å². The van der Waals surface area contributed by atoms with Crippen molar-refractivity contribution < 1.29 is 14.3 Å². The summed E-state index contributed by atoms with van der Waals surface area (Å²) in [5.41, 5.74) is 2.49. The molecule has 0 aromatic heterocycles. The van der Waals surface area contributed by atoms with Crippen LogP contribution in [0, 0.1) is 12.7 Å². The van der Waals surface area contributed by atoms with Crippen LogP contribution in [0.1, 0.15) is 28.4 Å². The minimum atomic E-state index is -0.228. The molecule has 0 bridgehead atoms. The molecule has 0 atom stereocenters. The van der Waals surface area contributed by atoms with Gasteiger partial charge in [-0.25, -0.2) is 4.39 Å². The van der Waals surface area contributed by atoms with Crippen LogP contribution < -0.4 is 16.0 Å². The highest BCUT2D eigenvalue weighted by atomic mass is 127. The lowest BCUT2D eigenvalue weighted by atomic mass is 10.1. The Morgan fingerprint density at radius 2 is 1.76 bits per heavy atom. The van der Waals surface area contributed by atoms with E-state index >= 15 is 0 Å². The van der Waals surface area contributed by atoms with Gasteiger partial charge in [0.25, 0.3) is 5.91 Å². The molecule has 2 aromatic carbocycles. The molecule has 158 valence electrons. The van der Waals surface area contributed by atoms with Crippen molar-refractivity contribution in [3.05, 3.63) is 65.0 Å². The first kappa shape index (κ1) is 24.7. The molecule has 0 heterocycles. The van der Waals surface area contributed by atoms with E-state index in [4.69, 9.17) is 0 Å². The van der Waals surface area contributed by atoms with E-state index in [-0.39, 0.29) is 41.5 Å². The number of halogens is 2. The number of nitrogens with zero attached hydrogens (tertiary/aromatic N) is 1. The summed E-state index contributed by atoms with van der Waals surface area (Å²) in [5, 5.41) is 18.4. The van der Waals surface area contributed by atoms with Crippen LogP contribution in [0.4, 0.5) is 4.39 Å². The molecule has 0 saturated heterocycles. The molecular formula is C21H28FIN4O2. The van der Waals surface area contributed by atoms with Crippen molar-refractivity contribution in [2.24, 2.45) is 4.99 Å². The minimum absolute atomic E-state index is 0. The molecule has 0 radical (unpaired) electrons. The molecule has 2 rings (SSSR count). The zero-order valence-electron chi connectivity index (χ0n) is 16.7. The van der Waals surface area contributed by atoms with Gasteiger partial charge in [-0.2, -0.15) is 0 Å². The van der Waals surface area contributed by atoms with E-state index in [0.29, 0.717) is 31.2 Å². The lowest BCUT2D eigenvalue weighted by Crippen LogP contribution is -2.41. The van der Waals surface area contributed by atoms with Gasteiger partial charge in [-0.05, 0) is 67.8 Å². The van der Waals surface area contributed by atoms with Crippen molar-refractivity contribution in [2.75, 3.05) is 26.2 Å². The molecule has 0 saturated carbocycles. The van der Waals surface area contributed by atoms with Gasteiger partial charge in [0.15, 0.2) is 5.96 Å². The maximum atomic E-state index is 13.2. The van der Waals surface area contributed by atoms with Gasteiger partial charge in [0, 0.05) is 31.7 Å². The molecule has 0 spiro atoms. The van der Waals surface area contributed by atoms with E-state index in [0.717, 1.165) is 24.1 Å². The number of nitrogens with one attached hydrogen (secondary N) is 3. The third-order valence-electron chi connectivity index (χ3n) is 4.13. The van der Waals surface area contributed by atoms with Crippen molar-refractivity contribution in [2.45, 2.75) is 20.3 Å². The van der Waals surface area contributed by atoms with Crippen LogP contribution in [0.3, 0.4) is 0 Å². The molecule has 0 unspecified atom stereocenters. The standard InChI is InChI=1S/C21H27FN4O2.HI/c1-3-23-21(25-11-10-16-4-7-18(22)14-15(16)2)26-13-12-24-20(28)17-5-8-19(27)9-6-17;/h4-9,14,27H,3,10-13H2,1-2H3,(H,24,28)(H2,23,25,26);1H. The predicted molar refractivity (Wildman–Crippen MR) is 125 cm³/mol. The molecule has 0 aliphatic heterocycles. The quantitative estimate of drug-likeness (QED) is 0.189. The maximum Gasteiger partial charge on any atom is 0.251 e. The summed E-state index contributed by atoms with van der Waals surface area (Å²) in [6, 6.07) is 10.9. The van der Waals surface area contributed by atoms with Gasteiger partial charge < -0.3 is 21.1 Å². The Bertz CT molecular complexity index is 813. The van der Waals surface area contributed by atoms with Crippen LogP contribution in [0.15, 0.2) is 47.5 Å². The van der Waals surface area contributed by atoms with Crippen LogP contribution >= 0.6 is 24.0 Å². The van der Waals surface area contributed by atoms with E-state index in [1.54, 1.807) is 18.2 Å². The average molecular weight is 514 g/mol. The van der Waals surface area contributed by atoms with Gasteiger partial charge >= 0.3 is 0 Å². The molecule has 4 N–H and O–H groups in total. The molecule has 0 aliphatic rings. The lowest BCUT2D eigenvalue weighted by Gasteiger charge is -2.12. The number of carbonyl (C=O) groups excluding carboxylic acids is 1. The number of hydrogen-bond acceptors (Lipinski definition) is 3. The molecule has 0 fully saturated rings. The van der Waals surface area contributed by atoms with Crippen molar-refractivity contribution in [1.82, 2.24) is 16.0 Å². The Kier molecular flexibility index (Phi) is 11.0. The number of phenols is 1. The number of hydrogen-bond donors (Lipinski definition) is 4. The van der Waals surface area contributed by atoms with Crippen molar-refractivity contribution in [3.63, 3.8) is 0 Å². The Balaban J connectivity index is 0.00000420. The largest absolute Gasteiger partial charge is 0.508 e. The molecule has 2 aromatic rings. The summed E-state index contributed by atoms with van der Waals surface area (Å²) in [6.07, 6.45) is 0.722. The van der Waals surface area contributed by atoms with Crippen LogP contribution in [-0.2, 0) is 6.42 Å². The Labute approximate surface area is 188 Å². The third-order valence-corrected chi connectivity index (χ3v) is 4.13. The lowest BCUT2D eigenvalue weighted by molar-refractivity contribution is 0.0954. The summed E-state index contributed by atoms with van der Waals surface area (Å²) in [7, 11) is 0. The number of aliphatic imine (C=N–C) groups is 1. The molecular weight excluding hydrogens is 486 g/mol. The Morgan fingerprint density at radius 3 is 2.41 bits per heavy atom. The highest BCUT2D eigenvalue weighted by molar-refractivity contribution is 14.0. The molecule has 0 aliphatic carbocycles. The normalized spacial score (nSPS) is 10.8. The first-order valence-electron chi connectivity index (χ1n) is 9.34. The van der Waals surface area contributed by atoms with Gasteiger partial charge in [0.2, 0.25) is 0 Å². The summed E-state index contributed by atoms with van der Waals surface area (Å²) >= 11 is 0. The van der Waals surface area contributed by atoms with Gasteiger partial charge in [-0.1, -0.05) is 6.07 Å². The first-order valence-corrected chi connectivity index (χ1v) is 9.34. The molecule has 29 heavy (non-hydrogen) atoms. The number of amides is 1. The molecule has 6 nitrogen and oxygen atoms in total. The number of aryl methyl sites for hydroxylation is 1. The number of carbonyl (C=O) groups is 1. The van der Waals surface area contributed by atoms with E-state index in [1.165, 1.54) is 24.3 Å². The zero-order chi connectivity index (χ0) is 20.4. The number of aromatic hydroxyl groups is 1. The van der Waals surface area contributed by atoms with Gasteiger partial charge in [0.1, 0.15) is 11.6 Å². The zero-order valence-corrected chi connectivity index (χ0v) is 19.0. The smallest absolute Gasteiger partial charge is 0.251 e. The van der Waals surface area contributed by atoms with Crippen molar-refractivity contribution >= 4 is 35.8 Å². The monoisotopic (exact) mass is 514 g/mol. The Hall–Kier alpha value is -2.36. The number of guanidine groups is 1. The molecule has 1 amide bonds. The van der Waals surface area contributed by atoms with Crippen molar-refractivity contribution in [3.8, 4) is 5.75 Å². The van der Waals surface area contributed by atoms with Crippen LogP contribution in [0.5, 0.6) is 5.75 Å². The first-order chi connectivity index (χ1) is 13.5. The third kappa shape index (κ3) is 8.68. The van der Waals surface area contributed by atoms with Crippen LogP contribution in [-0.4, -0.2) is 43.2 Å². The fraction of sp³-hybridized carbons (Fsp3) is 0.333. The summed E-state index contributed by atoms with van der Waals surface area (Å²) in [4.78, 5) is 16.5. The fourth-order valence-corrected chi connectivity index (χ4v) is 2.64. The van der Waals surface area contributed by atoms with Crippen LogP contribution in [0.25, 0.3) is 0 Å². The van der Waals surface area contributed by atoms with Gasteiger partial charge in [0.05, 0.1) is 0 Å². The molecule has 8 heteroatoms. The topological polar surface area (TPSA) is 85.8 Å². The number of rotatable bonds is 8. The van der Waals surface area contributed by atoms with Crippen LogP contribution in [0.2, 0.25) is 0 Å². The number of phenolic OH excluding ortho intramolecular Hbond substituents is 1. The highest BCUT2D eigenvalue weighted by Gasteiger charge is 2.05. The average Bonchev–Trinajstić information content (AvgIpc) is 2.67. The highest BCUT2D eigenvalue weighted by Crippen LogP contribution is 2.11. The summed E-state index contributed by atoms with van der Waals surface area (Å²) in [5.74, 6) is 0.367. The van der Waals surface area contributed by atoms with E-state index in [2.05, 4.69) is 20.9 Å². The summed E-state index contributed by atoms with van der Waals surface area (Å²) in [6.45, 7) is 6.12. The van der Waals surface area contributed by atoms with Gasteiger partial charge in [-0.3, -0.25) is 9.79 Å². The second kappa shape index (κ2) is 13.0. The van der Waals surface area contributed by atoms with Gasteiger partial charge in [-0.15, -0.1) is 24.0 Å². The fourth-order valence-electron chi connectivity index (χ4n) is 2.64. The summed E-state index contributed by atoms with van der Waals surface area (Å²) < 4.78 is 13.2. The van der Waals surface area contributed by atoms with E-state index in [1.807, 2.05) is 13.8 Å². The number of benzene rings is 2.